The first-order valence-corrected chi connectivity index (χ1v) is 7.18. The molecule has 0 bridgehead atoms. The SMILES string of the molecule is CCCc1c(NCC)ncnc1OCCC(C)(C)C. The lowest BCUT2D eigenvalue weighted by Crippen LogP contribution is -2.13. The van der Waals surface area contributed by atoms with Gasteiger partial charge in [0.15, 0.2) is 0 Å². The summed E-state index contributed by atoms with van der Waals surface area (Å²) in [5, 5.41) is 3.28. The van der Waals surface area contributed by atoms with E-state index in [-0.39, 0.29) is 5.41 Å². The van der Waals surface area contributed by atoms with Gasteiger partial charge in [-0.3, -0.25) is 0 Å². The molecule has 4 heteroatoms. The van der Waals surface area contributed by atoms with Gasteiger partial charge < -0.3 is 10.1 Å². The van der Waals surface area contributed by atoms with E-state index in [1.54, 1.807) is 6.33 Å². The average Bonchev–Trinajstić information content (AvgIpc) is 2.32. The van der Waals surface area contributed by atoms with Gasteiger partial charge in [0.1, 0.15) is 12.1 Å². The average molecular weight is 265 g/mol. The van der Waals surface area contributed by atoms with Gasteiger partial charge in [-0.1, -0.05) is 34.1 Å². The fourth-order valence-corrected chi connectivity index (χ4v) is 1.77. The second kappa shape index (κ2) is 7.31. The normalized spacial score (nSPS) is 11.4. The van der Waals surface area contributed by atoms with Crippen LogP contribution < -0.4 is 10.1 Å². The minimum Gasteiger partial charge on any atom is -0.477 e. The van der Waals surface area contributed by atoms with Gasteiger partial charge >= 0.3 is 0 Å². The maximum Gasteiger partial charge on any atom is 0.221 e. The van der Waals surface area contributed by atoms with Crippen molar-refractivity contribution < 1.29 is 4.74 Å². The van der Waals surface area contributed by atoms with E-state index in [2.05, 4.69) is 49.9 Å². The molecule has 0 aliphatic rings. The Morgan fingerprint density at radius 3 is 2.53 bits per heavy atom. The summed E-state index contributed by atoms with van der Waals surface area (Å²) in [7, 11) is 0. The topological polar surface area (TPSA) is 47.0 Å². The van der Waals surface area contributed by atoms with E-state index >= 15 is 0 Å². The van der Waals surface area contributed by atoms with Gasteiger partial charge in [-0.15, -0.1) is 0 Å². The first kappa shape index (κ1) is 15.7. The summed E-state index contributed by atoms with van der Waals surface area (Å²) in [6.45, 7) is 12.4. The molecule has 0 unspecified atom stereocenters. The molecule has 0 amide bonds. The second-order valence-electron chi connectivity index (χ2n) is 5.95. The molecule has 1 heterocycles. The zero-order chi connectivity index (χ0) is 14.3. The molecule has 4 nitrogen and oxygen atoms in total. The molecule has 0 radical (unpaired) electrons. The lowest BCUT2D eigenvalue weighted by atomic mass is 9.93. The van der Waals surface area contributed by atoms with Crippen LogP contribution in [0.4, 0.5) is 5.82 Å². The van der Waals surface area contributed by atoms with Gasteiger partial charge in [0.05, 0.1) is 12.2 Å². The number of hydrogen-bond acceptors (Lipinski definition) is 4. The van der Waals surface area contributed by atoms with Crippen molar-refractivity contribution in [2.24, 2.45) is 5.41 Å². The first-order valence-electron chi connectivity index (χ1n) is 7.18. The highest BCUT2D eigenvalue weighted by Gasteiger charge is 2.14. The Hall–Kier alpha value is -1.32. The second-order valence-corrected chi connectivity index (χ2v) is 5.95. The molecule has 0 atom stereocenters. The molecule has 0 aliphatic heterocycles. The maximum atomic E-state index is 5.86. The van der Waals surface area contributed by atoms with E-state index in [1.165, 1.54) is 0 Å². The number of hydrogen-bond donors (Lipinski definition) is 1. The molecule has 0 aromatic carbocycles. The highest BCUT2D eigenvalue weighted by atomic mass is 16.5. The van der Waals surface area contributed by atoms with Crippen LogP contribution in [0.3, 0.4) is 0 Å². The first-order chi connectivity index (χ1) is 8.98. The van der Waals surface area contributed by atoms with Crippen molar-refractivity contribution in [1.82, 2.24) is 9.97 Å². The van der Waals surface area contributed by atoms with Crippen LogP contribution in [0.15, 0.2) is 6.33 Å². The molecule has 0 saturated heterocycles. The highest BCUT2D eigenvalue weighted by Crippen LogP contribution is 2.25. The predicted molar refractivity (Wildman–Crippen MR) is 79.8 cm³/mol. The van der Waals surface area contributed by atoms with Crippen LogP contribution in [-0.2, 0) is 6.42 Å². The van der Waals surface area contributed by atoms with E-state index < -0.39 is 0 Å². The quantitative estimate of drug-likeness (QED) is 0.817. The van der Waals surface area contributed by atoms with Gasteiger partial charge in [0.2, 0.25) is 5.88 Å². The molecule has 0 spiro atoms. The predicted octanol–water partition coefficient (Wildman–Crippen LogP) is 3.68. The van der Waals surface area contributed by atoms with E-state index in [4.69, 9.17) is 4.74 Å². The van der Waals surface area contributed by atoms with E-state index in [0.29, 0.717) is 6.61 Å². The van der Waals surface area contributed by atoms with Gasteiger partial charge in [-0.2, -0.15) is 0 Å². The van der Waals surface area contributed by atoms with Crippen LogP contribution in [0.25, 0.3) is 0 Å². The van der Waals surface area contributed by atoms with Crippen LogP contribution >= 0.6 is 0 Å². The minimum atomic E-state index is 0.280. The van der Waals surface area contributed by atoms with Gasteiger partial charge in [0.25, 0.3) is 0 Å². The Morgan fingerprint density at radius 1 is 1.21 bits per heavy atom. The molecule has 0 saturated carbocycles. The Morgan fingerprint density at radius 2 is 1.95 bits per heavy atom. The van der Waals surface area contributed by atoms with Crippen molar-refractivity contribution >= 4 is 5.82 Å². The van der Waals surface area contributed by atoms with E-state index in [1.807, 2.05) is 0 Å². The Kier molecular flexibility index (Phi) is 6.06. The fraction of sp³-hybridized carbons (Fsp3) is 0.733. The van der Waals surface area contributed by atoms with Crippen LogP contribution in [0.2, 0.25) is 0 Å². The minimum absolute atomic E-state index is 0.280. The van der Waals surface area contributed by atoms with Crippen molar-refractivity contribution in [2.45, 2.75) is 53.9 Å². The van der Waals surface area contributed by atoms with Crippen LogP contribution in [0.5, 0.6) is 5.88 Å². The number of nitrogens with zero attached hydrogens (tertiary/aromatic N) is 2. The number of aromatic nitrogens is 2. The molecule has 1 aromatic heterocycles. The zero-order valence-electron chi connectivity index (χ0n) is 12.9. The molecule has 1 aromatic rings. The number of ether oxygens (including phenoxy) is 1. The third kappa shape index (κ3) is 5.45. The Bertz CT molecular complexity index is 385. The molecule has 19 heavy (non-hydrogen) atoms. The third-order valence-corrected chi connectivity index (χ3v) is 2.84. The summed E-state index contributed by atoms with van der Waals surface area (Å²) in [5.74, 6) is 1.64. The summed E-state index contributed by atoms with van der Waals surface area (Å²) in [6.07, 6.45) is 4.58. The lowest BCUT2D eigenvalue weighted by Gasteiger charge is -2.19. The third-order valence-electron chi connectivity index (χ3n) is 2.84. The Balaban J connectivity index is 2.78. The van der Waals surface area contributed by atoms with Gasteiger partial charge in [-0.05, 0) is 25.2 Å². The Labute approximate surface area is 117 Å². The molecule has 1 rings (SSSR count). The molecular weight excluding hydrogens is 238 g/mol. The standard InChI is InChI=1S/C15H27N3O/c1-6-8-12-13(16-7-2)17-11-18-14(12)19-10-9-15(3,4)5/h11H,6-10H2,1-5H3,(H,16,17,18). The maximum absolute atomic E-state index is 5.86. The van der Waals surface area contributed by atoms with Gasteiger partial charge in [0, 0.05) is 6.54 Å². The highest BCUT2D eigenvalue weighted by molar-refractivity contribution is 5.48. The molecule has 1 N–H and O–H groups in total. The number of rotatable bonds is 7. The van der Waals surface area contributed by atoms with Crippen LogP contribution in [0.1, 0.15) is 53.0 Å². The monoisotopic (exact) mass is 265 g/mol. The molecular formula is C15H27N3O. The fourth-order valence-electron chi connectivity index (χ4n) is 1.77. The number of nitrogens with one attached hydrogen (secondary N) is 1. The number of anilines is 1. The van der Waals surface area contributed by atoms with E-state index in [0.717, 1.165) is 43.1 Å². The lowest BCUT2D eigenvalue weighted by molar-refractivity contribution is 0.234. The van der Waals surface area contributed by atoms with Crippen molar-refractivity contribution in [3.63, 3.8) is 0 Å². The van der Waals surface area contributed by atoms with Crippen molar-refractivity contribution in [3.05, 3.63) is 11.9 Å². The zero-order valence-corrected chi connectivity index (χ0v) is 12.9. The van der Waals surface area contributed by atoms with Crippen LogP contribution in [0, 0.1) is 5.41 Å². The van der Waals surface area contributed by atoms with Crippen molar-refractivity contribution in [2.75, 3.05) is 18.5 Å². The molecule has 108 valence electrons. The smallest absolute Gasteiger partial charge is 0.221 e. The summed E-state index contributed by atoms with van der Waals surface area (Å²) in [4.78, 5) is 8.59. The van der Waals surface area contributed by atoms with Crippen LogP contribution in [-0.4, -0.2) is 23.1 Å². The van der Waals surface area contributed by atoms with Crippen molar-refractivity contribution in [1.29, 1.82) is 0 Å². The van der Waals surface area contributed by atoms with Gasteiger partial charge in [-0.25, -0.2) is 9.97 Å². The largest absolute Gasteiger partial charge is 0.477 e. The molecule has 0 fully saturated rings. The summed E-state index contributed by atoms with van der Waals surface area (Å²) in [6, 6.07) is 0. The van der Waals surface area contributed by atoms with Crippen molar-refractivity contribution in [3.8, 4) is 5.88 Å². The summed E-state index contributed by atoms with van der Waals surface area (Å²) >= 11 is 0. The molecule has 0 aliphatic carbocycles. The van der Waals surface area contributed by atoms with E-state index in [9.17, 15) is 0 Å². The summed E-state index contributed by atoms with van der Waals surface area (Å²) < 4.78 is 5.86. The summed E-state index contributed by atoms with van der Waals surface area (Å²) in [5.41, 5.74) is 1.38.